The molecule has 0 radical (unpaired) electrons. The summed E-state index contributed by atoms with van der Waals surface area (Å²) in [6.07, 6.45) is 5.95. The number of nitrogens with zero attached hydrogens (tertiary/aromatic N) is 2. The first-order chi connectivity index (χ1) is 13.9. The maximum Gasteiger partial charge on any atom is 0.242 e. The fourth-order valence-corrected chi connectivity index (χ4v) is 5.59. The lowest BCUT2D eigenvalue weighted by molar-refractivity contribution is 0.120. The SMILES string of the molecule is Cc1nc(OC(C)C2CCCCC2)c2[nH]c(N)c(S(=O)(=O)c3ccccc3)c2n1. The van der Waals surface area contributed by atoms with Crippen LogP contribution in [0.4, 0.5) is 5.82 Å². The molecule has 2 aromatic heterocycles. The molecule has 7 nitrogen and oxygen atoms in total. The minimum Gasteiger partial charge on any atom is -0.473 e. The van der Waals surface area contributed by atoms with Crippen molar-refractivity contribution in [2.24, 2.45) is 5.92 Å². The summed E-state index contributed by atoms with van der Waals surface area (Å²) in [5.41, 5.74) is 6.80. The molecular formula is C21H26N4O3S. The third kappa shape index (κ3) is 3.69. The lowest BCUT2D eigenvalue weighted by Crippen LogP contribution is -2.26. The van der Waals surface area contributed by atoms with Crippen LogP contribution < -0.4 is 10.5 Å². The van der Waals surface area contributed by atoms with Gasteiger partial charge in [-0.05, 0) is 44.7 Å². The zero-order valence-electron chi connectivity index (χ0n) is 16.7. The van der Waals surface area contributed by atoms with E-state index >= 15 is 0 Å². The minimum atomic E-state index is -3.84. The number of nitrogens with one attached hydrogen (secondary N) is 1. The highest BCUT2D eigenvalue weighted by Gasteiger charge is 2.29. The highest BCUT2D eigenvalue weighted by Crippen LogP contribution is 2.36. The average Bonchev–Trinajstić information content (AvgIpc) is 3.06. The van der Waals surface area contributed by atoms with Gasteiger partial charge in [-0.25, -0.2) is 13.4 Å². The predicted molar refractivity (Wildman–Crippen MR) is 112 cm³/mol. The van der Waals surface area contributed by atoms with Gasteiger partial charge in [-0.1, -0.05) is 37.5 Å². The molecule has 1 saturated carbocycles. The second kappa shape index (κ2) is 7.67. The van der Waals surface area contributed by atoms with Gasteiger partial charge in [0.2, 0.25) is 15.7 Å². The third-order valence-corrected chi connectivity index (χ3v) is 7.48. The molecule has 0 amide bonds. The van der Waals surface area contributed by atoms with Crippen LogP contribution >= 0.6 is 0 Å². The lowest BCUT2D eigenvalue weighted by atomic mass is 9.86. The van der Waals surface area contributed by atoms with Crippen LogP contribution in [-0.4, -0.2) is 29.5 Å². The molecule has 1 unspecified atom stereocenters. The van der Waals surface area contributed by atoms with Crippen LogP contribution in [0, 0.1) is 12.8 Å². The summed E-state index contributed by atoms with van der Waals surface area (Å²) in [7, 11) is -3.84. The number of aryl methyl sites for hydroxylation is 1. The Balaban J connectivity index is 1.78. The fraction of sp³-hybridized carbons (Fsp3) is 0.429. The standard InChI is InChI=1S/C21H26N4O3S/c1-13(15-9-5-3-6-10-15)28-21-18-17(23-14(2)24-21)19(20(22)25-18)29(26,27)16-11-7-4-8-12-16/h4,7-8,11-13,15,25H,3,5-6,9-10,22H2,1-2H3. The van der Waals surface area contributed by atoms with Crippen LogP contribution in [0.5, 0.6) is 5.88 Å². The van der Waals surface area contributed by atoms with Crippen molar-refractivity contribution in [3.8, 4) is 5.88 Å². The number of H-pyrrole nitrogens is 1. The number of aromatic nitrogens is 3. The van der Waals surface area contributed by atoms with E-state index in [1.54, 1.807) is 37.3 Å². The number of fused-ring (bicyclic) bond motifs is 1. The van der Waals surface area contributed by atoms with Crippen LogP contribution in [0.3, 0.4) is 0 Å². The molecule has 0 bridgehead atoms. The monoisotopic (exact) mass is 414 g/mol. The molecule has 0 spiro atoms. The summed E-state index contributed by atoms with van der Waals surface area (Å²) < 4.78 is 32.6. The van der Waals surface area contributed by atoms with Gasteiger partial charge in [0.15, 0.2) is 0 Å². The summed E-state index contributed by atoms with van der Waals surface area (Å²) in [5.74, 6) is 1.30. The number of hydrogen-bond donors (Lipinski definition) is 2. The summed E-state index contributed by atoms with van der Waals surface area (Å²) in [6, 6.07) is 8.22. The zero-order valence-corrected chi connectivity index (χ0v) is 17.5. The molecule has 0 aliphatic heterocycles. The molecule has 1 aromatic carbocycles. The molecule has 1 aliphatic rings. The van der Waals surface area contributed by atoms with Crippen LogP contribution in [-0.2, 0) is 9.84 Å². The molecule has 154 valence electrons. The van der Waals surface area contributed by atoms with Gasteiger partial charge in [0.25, 0.3) is 0 Å². The molecule has 3 aromatic rings. The number of nitrogen functional groups attached to an aromatic ring is 1. The van der Waals surface area contributed by atoms with Gasteiger partial charge in [-0.3, -0.25) is 0 Å². The molecule has 3 N–H and O–H groups in total. The van der Waals surface area contributed by atoms with Gasteiger partial charge in [0, 0.05) is 0 Å². The Morgan fingerprint density at radius 1 is 1.14 bits per heavy atom. The second-order valence-electron chi connectivity index (χ2n) is 7.70. The van der Waals surface area contributed by atoms with Gasteiger partial charge in [-0.2, -0.15) is 4.98 Å². The smallest absolute Gasteiger partial charge is 0.242 e. The Labute approximate surface area is 170 Å². The minimum absolute atomic E-state index is 0.0218. The van der Waals surface area contributed by atoms with E-state index in [0.29, 0.717) is 23.1 Å². The summed E-state index contributed by atoms with van der Waals surface area (Å²) in [5, 5.41) is 0. The first kappa shape index (κ1) is 19.7. The highest BCUT2D eigenvalue weighted by atomic mass is 32.2. The van der Waals surface area contributed by atoms with Gasteiger partial charge >= 0.3 is 0 Å². The number of anilines is 1. The van der Waals surface area contributed by atoms with Crippen LogP contribution in [0.15, 0.2) is 40.1 Å². The number of sulfone groups is 1. The van der Waals surface area contributed by atoms with Crippen molar-refractivity contribution in [1.82, 2.24) is 15.0 Å². The van der Waals surface area contributed by atoms with Gasteiger partial charge in [0.05, 0.1) is 4.90 Å². The molecule has 1 fully saturated rings. The van der Waals surface area contributed by atoms with Crippen molar-refractivity contribution in [2.45, 2.75) is 61.8 Å². The van der Waals surface area contributed by atoms with Crippen molar-refractivity contribution in [3.63, 3.8) is 0 Å². The van der Waals surface area contributed by atoms with Crippen molar-refractivity contribution in [2.75, 3.05) is 5.73 Å². The van der Waals surface area contributed by atoms with E-state index in [2.05, 4.69) is 15.0 Å². The Kier molecular flexibility index (Phi) is 5.21. The van der Waals surface area contributed by atoms with E-state index in [0.717, 1.165) is 12.8 Å². The fourth-order valence-electron chi connectivity index (χ4n) is 4.09. The molecule has 4 rings (SSSR count). The van der Waals surface area contributed by atoms with Crippen molar-refractivity contribution in [3.05, 3.63) is 36.2 Å². The summed E-state index contributed by atoms with van der Waals surface area (Å²) >= 11 is 0. The van der Waals surface area contributed by atoms with Gasteiger partial charge in [-0.15, -0.1) is 0 Å². The average molecular weight is 415 g/mol. The van der Waals surface area contributed by atoms with Gasteiger partial charge in [0.1, 0.15) is 33.7 Å². The molecule has 8 heteroatoms. The maximum absolute atomic E-state index is 13.2. The number of nitrogens with two attached hydrogens (primary N) is 1. The van der Waals surface area contributed by atoms with Crippen LogP contribution in [0.25, 0.3) is 11.0 Å². The zero-order chi connectivity index (χ0) is 20.6. The number of benzene rings is 1. The van der Waals surface area contributed by atoms with E-state index in [1.165, 1.54) is 19.3 Å². The van der Waals surface area contributed by atoms with E-state index in [9.17, 15) is 8.42 Å². The Bertz CT molecular complexity index is 1120. The van der Waals surface area contributed by atoms with Crippen LogP contribution in [0.1, 0.15) is 44.9 Å². The van der Waals surface area contributed by atoms with Gasteiger partial charge < -0.3 is 15.5 Å². The van der Waals surface area contributed by atoms with E-state index in [-0.39, 0.29) is 27.2 Å². The highest BCUT2D eigenvalue weighted by molar-refractivity contribution is 7.92. The summed E-state index contributed by atoms with van der Waals surface area (Å²) in [4.78, 5) is 11.9. The number of aromatic amines is 1. The first-order valence-electron chi connectivity index (χ1n) is 10.0. The third-order valence-electron chi connectivity index (χ3n) is 5.64. The van der Waals surface area contributed by atoms with E-state index in [1.807, 2.05) is 6.92 Å². The molecular weight excluding hydrogens is 388 g/mol. The summed E-state index contributed by atoms with van der Waals surface area (Å²) in [6.45, 7) is 3.77. The molecule has 29 heavy (non-hydrogen) atoms. The van der Waals surface area contributed by atoms with Crippen molar-refractivity contribution >= 4 is 26.7 Å². The molecule has 0 saturated heterocycles. The molecule has 1 atom stereocenters. The second-order valence-corrected chi connectivity index (χ2v) is 9.59. The first-order valence-corrected chi connectivity index (χ1v) is 11.5. The quantitative estimate of drug-likeness (QED) is 0.652. The normalized spacial score (nSPS) is 16.8. The number of hydrogen-bond acceptors (Lipinski definition) is 6. The molecule has 1 aliphatic carbocycles. The largest absolute Gasteiger partial charge is 0.473 e. The lowest BCUT2D eigenvalue weighted by Gasteiger charge is -2.27. The predicted octanol–water partition coefficient (Wildman–Crippen LogP) is 4.03. The topological polar surface area (TPSA) is 111 Å². The molecule has 2 heterocycles. The number of rotatable bonds is 5. The Hall–Kier alpha value is -2.61. The maximum atomic E-state index is 13.2. The van der Waals surface area contributed by atoms with Crippen LogP contribution in [0.2, 0.25) is 0 Å². The van der Waals surface area contributed by atoms with E-state index < -0.39 is 9.84 Å². The van der Waals surface area contributed by atoms with Crippen molar-refractivity contribution < 1.29 is 13.2 Å². The van der Waals surface area contributed by atoms with E-state index in [4.69, 9.17) is 10.5 Å². The van der Waals surface area contributed by atoms with Crippen molar-refractivity contribution in [1.29, 1.82) is 0 Å². The Morgan fingerprint density at radius 2 is 1.83 bits per heavy atom. The number of ether oxygens (including phenoxy) is 1. The Morgan fingerprint density at radius 3 is 2.52 bits per heavy atom.